The molecule has 0 bridgehead atoms. The summed E-state index contributed by atoms with van der Waals surface area (Å²) < 4.78 is 3.64. The summed E-state index contributed by atoms with van der Waals surface area (Å²) >= 11 is 14.1. The minimum absolute atomic E-state index is 0. The standard InChI is InChI=1S/C11H10BrN3O.C11H11N3O.C7H6ClNO.C4H6N2.CH2O3.Br2.2K.H/c1-8-6-15(7-14-8)11-3-2-9(5-13-11)10(16)4-12;1-8-6-14(7-13-8)11-4-3-10(5-12-11)9(2)15;1-5(10)6-2-3-7(8)9-4-6;1-4-2-5-3-6-4;2-1-4-3;1-2;;;/h2-3,5-7H,4H2,1H3;3-7H,1-2H3;2-4H,1H3;2-3H,1H3,(H,5,6);1,3H;;;;/q;;;;;;2*+1;-1/p-1. The Hall–Kier alpha value is -1.48. The fraction of sp³-hybridized carbons (Fsp3) is 0.176. The van der Waals surface area contributed by atoms with Gasteiger partial charge in [-0.3, -0.25) is 28.3 Å². The van der Waals surface area contributed by atoms with E-state index in [1.54, 1.807) is 74.0 Å². The zero-order chi connectivity index (χ0) is 39.8. The zero-order valence-corrected chi connectivity index (χ0v) is 42.7. The van der Waals surface area contributed by atoms with E-state index in [2.05, 4.69) is 84.0 Å². The molecule has 6 rings (SSSR count). The molecule has 1 N–H and O–H groups in total. The van der Waals surface area contributed by atoms with Crippen LogP contribution in [-0.4, -0.2) is 73.2 Å². The number of hydrogen-bond acceptors (Lipinski definition) is 12. The number of aromatic nitrogens is 9. The summed E-state index contributed by atoms with van der Waals surface area (Å²) in [7, 11) is 0. The molecule has 6 aromatic heterocycles. The van der Waals surface area contributed by atoms with Crippen LogP contribution < -0.4 is 108 Å². The van der Waals surface area contributed by atoms with Crippen LogP contribution in [0.25, 0.3) is 11.6 Å². The van der Waals surface area contributed by atoms with Crippen LogP contribution in [-0.2, 0) is 9.68 Å². The van der Waals surface area contributed by atoms with Crippen LogP contribution >= 0.6 is 55.8 Å². The first kappa shape index (κ1) is 55.6. The predicted molar refractivity (Wildman–Crippen MR) is 209 cm³/mol. The molecule has 0 unspecified atom stereocenters. The molecular formula is C34H35Br3ClK2N9O6. The van der Waals surface area contributed by atoms with Gasteiger partial charge in [0.05, 0.1) is 23.0 Å². The summed E-state index contributed by atoms with van der Waals surface area (Å²) in [5, 5.41) is 9.16. The number of pyridine rings is 3. The minimum Gasteiger partial charge on any atom is -1.00 e. The van der Waals surface area contributed by atoms with Crippen LogP contribution in [0.1, 0.15) is 63.4 Å². The third-order valence-electron chi connectivity index (χ3n) is 6.11. The van der Waals surface area contributed by atoms with Crippen molar-refractivity contribution in [2.45, 2.75) is 34.6 Å². The molecule has 0 aliphatic heterocycles. The average molecular weight is 1020 g/mol. The van der Waals surface area contributed by atoms with Gasteiger partial charge in [0.2, 0.25) is 0 Å². The van der Waals surface area contributed by atoms with Crippen molar-refractivity contribution in [3.63, 3.8) is 0 Å². The Labute approximate surface area is 433 Å². The van der Waals surface area contributed by atoms with Gasteiger partial charge in [0, 0.05) is 87.8 Å². The molecule has 0 aliphatic carbocycles. The summed E-state index contributed by atoms with van der Waals surface area (Å²) in [6.07, 6.45) is 15.2. The van der Waals surface area contributed by atoms with Crippen LogP contribution in [0.5, 0.6) is 0 Å². The Morgan fingerprint density at radius 3 is 1.47 bits per heavy atom. The summed E-state index contributed by atoms with van der Waals surface area (Å²) in [5.74, 6) is 1.58. The van der Waals surface area contributed by atoms with Crippen LogP contribution in [0.4, 0.5) is 0 Å². The molecule has 0 atom stereocenters. The number of rotatable bonds is 7. The molecule has 0 amide bonds. The molecule has 282 valence electrons. The number of aromatic amines is 1. The first-order chi connectivity index (χ1) is 25.4. The summed E-state index contributed by atoms with van der Waals surface area (Å²) in [4.78, 5) is 71.3. The van der Waals surface area contributed by atoms with Gasteiger partial charge in [0.15, 0.2) is 17.3 Å². The normalized spacial score (nSPS) is 8.98. The molecule has 0 saturated carbocycles. The molecule has 0 aromatic carbocycles. The van der Waals surface area contributed by atoms with Crippen LogP contribution in [0.3, 0.4) is 0 Å². The molecule has 6 aromatic rings. The second kappa shape index (κ2) is 32.5. The third-order valence-corrected chi connectivity index (χ3v) is 6.84. The van der Waals surface area contributed by atoms with E-state index in [0.717, 1.165) is 28.7 Å². The summed E-state index contributed by atoms with van der Waals surface area (Å²) in [5.41, 5.74) is 4.79. The largest absolute Gasteiger partial charge is 1.00 e. The smallest absolute Gasteiger partial charge is 1.00 e. The van der Waals surface area contributed by atoms with Crippen molar-refractivity contribution in [3.8, 4) is 11.6 Å². The number of imidazole rings is 3. The molecule has 15 nitrogen and oxygen atoms in total. The fourth-order valence-electron chi connectivity index (χ4n) is 3.53. The number of hydrogen-bond donors (Lipinski definition) is 1. The maximum Gasteiger partial charge on any atom is 1.00 e. The van der Waals surface area contributed by atoms with Crippen LogP contribution in [0.15, 0.2) is 92.6 Å². The van der Waals surface area contributed by atoms with Gasteiger partial charge >= 0.3 is 103 Å². The predicted octanol–water partition coefficient (Wildman–Crippen LogP) is 0.834. The topological polar surface area (TPSA) is 204 Å². The SMILES string of the molecule is BrBr.CC(=O)c1ccc(-n2cnc(C)c2)nc1.CC(=O)c1ccc(Cl)nc1.Cc1cn(-c2ccc(C(=O)CBr)cn2)cn1.Cc1cnc[nH]1.O=CO[O-].[H-].[K+].[K+]. The van der Waals surface area contributed by atoms with Crippen molar-refractivity contribution in [3.05, 3.63) is 131 Å². The van der Waals surface area contributed by atoms with Gasteiger partial charge in [-0.25, -0.2) is 29.9 Å². The Morgan fingerprint density at radius 1 is 0.782 bits per heavy atom. The van der Waals surface area contributed by atoms with E-state index in [4.69, 9.17) is 21.7 Å². The number of carbonyl (C=O) groups is 4. The van der Waals surface area contributed by atoms with Crippen molar-refractivity contribution >= 4 is 79.6 Å². The van der Waals surface area contributed by atoms with Gasteiger partial charge in [-0.2, -0.15) is 0 Å². The number of ketones is 3. The van der Waals surface area contributed by atoms with Gasteiger partial charge in [0.25, 0.3) is 6.47 Å². The van der Waals surface area contributed by atoms with Gasteiger partial charge < -0.3 is 16.6 Å². The number of halogens is 4. The summed E-state index contributed by atoms with van der Waals surface area (Å²) in [6.45, 7) is 8.63. The van der Waals surface area contributed by atoms with Crippen molar-refractivity contribution in [1.29, 1.82) is 0 Å². The molecular weight excluding hydrogens is 984 g/mol. The number of alkyl halides is 1. The molecule has 0 aliphatic rings. The maximum atomic E-state index is 11.4. The Kier molecular flexibility index (Phi) is 32.8. The van der Waals surface area contributed by atoms with Gasteiger partial charge in [-0.15, -0.1) is 0 Å². The van der Waals surface area contributed by atoms with Crippen LogP contribution in [0.2, 0.25) is 5.15 Å². The van der Waals surface area contributed by atoms with Crippen LogP contribution in [0, 0.1) is 20.8 Å². The average Bonchev–Trinajstić information content (AvgIpc) is 3.96. The van der Waals surface area contributed by atoms with Gasteiger partial charge in [-0.05, 0) is 71.0 Å². The molecule has 6 heterocycles. The Bertz CT molecular complexity index is 1970. The molecule has 55 heavy (non-hydrogen) atoms. The number of H-pyrrole nitrogens is 1. The van der Waals surface area contributed by atoms with Crippen molar-refractivity contribution in [1.82, 2.24) is 44.0 Å². The van der Waals surface area contributed by atoms with E-state index in [1.807, 2.05) is 42.3 Å². The number of carbonyl (C=O) groups excluding carboxylic acids is 4. The Balaban J connectivity index is -0.000000651. The molecule has 0 saturated heterocycles. The molecule has 0 spiro atoms. The van der Waals surface area contributed by atoms with Crippen molar-refractivity contribution in [2.75, 3.05) is 5.33 Å². The van der Waals surface area contributed by atoms with E-state index in [1.165, 1.54) is 20.0 Å². The van der Waals surface area contributed by atoms with E-state index < -0.39 is 0 Å². The molecule has 0 fully saturated rings. The number of nitrogens with one attached hydrogen (secondary N) is 1. The monoisotopic (exact) mass is 1010 g/mol. The minimum atomic E-state index is -0.181. The van der Waals surface area contributed by atoms with Gasteiger partial charge in [0.1, 0.15) is 29.4 Å². The van der Waals surface area contributed by atoms with E-state index >= 15 is 0 Å². The number of nitrogens with zero attached hydrogens (tertiary/aromatic N) is 8. The maximum absolute atomic E-state index is 11.4. The number of Topliss-reactive ketones (excluding diaryl/α,β-unsaturated/α-hetero) is 3. The quantitative estimate of drug-likeness (QED) is 0.0450. The van der Waals surface area contributed by atoms with E-state index in [-0.39, 0.29) is 128 Å². The summed E-state index contributed by atoms with van der Waals surface area (Å²) in [6, 6.07) is 10.4. The zero-order valence-electron chi connectivity index (χ0n) is 32.0. The second-order valence-electron chi connectivity index (χ2n) is 10.1. The van der Waals surface area contributed by atoms with E-state index in [0.29, 0.717) is 27.2 Å². The third kappa shape index (κ3) is 22.9. The fourth-order valence-corrected chi connectivity index (χ4v) is 3.97. The first-order valence-electron chi connectivity index (χ1n) is 14.9. The molecule has 21 heteroatoms. The number of aryl methyl sites for hydroxylation is 3. The van der Waals surface area contributed by atoms with Crippen molar-refractivity contribution in [2.24, 2.45) is 0 Å². The molecule has 0 radical (unpaired) electrons. The van der Waals surface area contributed by atoms with Gasteiger partial charge in [-0.1, -0.05) is 27.5 Å². The Morgan fingerprint density at radius 2 is 1.22 bits per heavy atom. The first-order valence-corrected chi connectivity index (χ1v) is 20.1. The van der Waals surface area contributed by atoms with E-state index in [9.17, 15) is 14.4 Å². The van der Waals surface area contributed by atoms with Crippen molar-refractivity contribution < 1.29 is 134 Å². The second-order valence-corrected chi connectivity index (χ2v) is 11.1.